The Kier molecular flexibility index (Phi) is 3.94. The zero-order chi connectivity index (χ0) is 14.2. The number of carbonyl (C=O) groups excluding carboxylic acids is 2. The molecule has 2 atom stereocenters. The van der Waals surface area contributed by atoms with E-state index in [0.717, 1.165) is 15.7 Å². The minimum absolute atomic E-state index is 0.0547. The van der Waals surface area contributed by atoms with E-state index in [0.29, 0.717) is 6.42 Å². The molecular weight excluding hydrogens is 308 g/mol. The third kappa shape index (κ3) is 2.52. The summed E-state index contributed by atoms with van der Waals surface area (Å²) >= 11 is 3.46. The lowest BCUT2D eigenvalue weighted by molar-refractivity contribution is -0.133. The highest BCUT2D eigenvalue weighted by atomic mass is 79.9. The quantitative estimate of drug-likeness (QED) is 0.908. The lowest BCUT2D eigenvalue weighted by Crippen LogP contribution is -2.62. The maximum absolute atomic E-state index is 12.5. The van der Waals surface area contributed by atoms with Gasteiger partial charge in [0.05, 0.1) is 5.69 Å². The Morgan fingerprint density at radius 3 is 2.68 bits per heavy atom. The van der Waals surface area contributed by atoms with Gasteiger partial charge in [-0.1, -0.05) is 13.0 Å². The van der Waals surface area contributed by atoms with Crippen LogP contribution < -0.4 is 10.2 Å². The van der Waals surface area contributed by atoms with E-state index < -0.39 is 12.1 Å². The van der Waals surface area contributed by atoms with Gasteiger partial charge in [-0.2, -0.15) is 0 Å². The number of nitrogens with zero attached hydrogens (tertiary/aromatic N) is 1. The van der Waals surface area contributed by atoms with Crippen LogP contribution in [0, 0.1) is 6.92 Å². The molecule has 0 aromatic heterocycles. The fourth-order valence-electron chi connectivity index (χ4n) is 2.24. The Morgan fingerprint density at radius 1 is 1.37 bits per heavy atom. The van der Waals surface area contributed by atoms with E-state index in [-0.39, 0.29) is 11.8 Å². The van der Waals surface area contributed by atoms with E-state index in [1.807, 2.05) is 32.0 Å². The first kappa shape index (κ1) is 14.1. The molecule has 1 aromatic carbocycles. The highest BCUT2D eigenvalue weighted by Gasteiger charge is 2.38. The molecule has 1 aromatic rings. The van der Waals surface area contributed by atoms with Crippen LogP contribution in [-0.2, 0) is 9.59 Å². The van der Waals surface area contributed by atoms with Crippen LogP contribution >= 0.6 is 15.9 Å². The molecule has 1 aliphatic rings. The number of rotatable bonds is 2. The van der Waals surface area contributed by atoms with Crippen molar-refractivity contribution in [2.45, 2.75) is 39.3 Å². The fourth-order valence-corrected chi connectivity index (χ4v) is 2.68. The number of hydrogen-bond donors (Lipinski definition) is 1. The van der Waals surface area contributed by atoms with E-state index in [9.17, 15) is 9.59 Å². The van der Waals surface area contributed by atoms with Crippen LogP contribution in [0.15, 0.2) is 22.7 Å². The second-order valence-corrected chi connectivity index (χ2v) is 5.66. The molecule has 1 N–H and O–H groups in total. The van der Waals surface area contributed by atoms with Crippen molar-refractivity contribution >= 4 is 33.4 Å². The Bertz CT molecular complexity index is 530. The van der Waals surface area contributed by atoms with Crippen LogP contribution in [0.1, 0.15) is 25.8 Å². The molecule has 1 aliphatic heterocycles. The lowest BCUT2D eigenvalue weighted by atomic mass is 10.0. The van der Waals surface area contributed by atoms with Crippen LogP contribution in [0.5, 0.6) is 0 Å². The Labute approximate surface area is 121 Å². The van der Waals surface area contributed by atoms with Crippen molar-refractivity contribution in [3.8, 4) is 0 Å². The van der Waals surface area contributed by atoms with Gasteiger partial charge in [0.15, 0.2) is 0 Å². The van der Waals surface area contributed by atoms with Gasteiger partial charge in [0.25, 0.3) is 0 Å². The number of aryl methyl sites for hydroxylation is 1. The molecule has 0 saturated carbocycles. The minimum atomic E-state index is -0.492. The fraction of sp³-hybridized carbons (Fsp3) is 0.429. The monoisotopic (exact) mass is 324 g/mol. The lowest BCUT2D eigenvalue weighted by Gasteiger charge is -2.37. The molecule has 2 unspecified atom stereocenters. The number of hydrogen-bond acceptors (Lipinski definition) is 2. The van der Waals surface area contributed by atoms with E-state index in [4.69, 9.17) is 0 Å². The molecule has 1 fully saturated rings. The topological polar surface area (TPSA) is 49.4 Å². The molecular formula is C14H17BrN2O2. The van der Waals surface area contributed by atoms with Gasteiger partial charge in [-0.3, -0.25) is 14.5 Å². The normalized spacial score (nSPS) is 23.5. The minimum Gasteiger partial charge on any atom is -0.343 e. The zero-order valence-electron chi connectivity index (χ0n) is 11.2. The second-order valence-electron chi connectivity index (χ2n) is 4.81. The van der Waals surface area contributed by atoms with E-state index in [2.05, 4.69) is 21.2 Å². The zero-order valence-corrected chi connectivity index (χ0v) is 12.8. The highest BCUT2D eigenvalue weighted by Crippen LogP contribution is 2.31. The van der Waals surface area contributed by atoms with Crippen molar-refractivity contribution in [3.05, 3.63) is 28.2 Å². The van der Waals surface area contributed by atoms with Crippen LogP contribution in [0.4, 0.5) is 5.69 Å². The molecule has 19 heavy (non-hydrogen) atoms. The Morgan fingerprint density at radius 2 is 2.05 bits per heavy atom. The van der Waals surface area contributed by atoms with E-state index >= 15 is 0 Å². The van der Waals surface area contributed by atoms with Crippen molar-refractivity contribution in [3.63, 3.8) is 0 Å². The van der Waals surface area contributed by atoms with Gasteiger partial charge < -0.3 is 5.32 Å². The van der Waals surface area contributed by atoms with E-state index in [1.165, 1.54) is 0 Å². The summed E-state index contributed by atoms with van der Waals surface area (Å²) < 4.78 is 0.822. The molecule has 102 valence electrons. The summed E-state index contributed by atoms with van der Waals surface area (Å²) in [6.45, 7) is 5.60. The van der Waals surface area contributed by atoms with Crippen molar-refractivity contribution in [2.24, 2.45) is 0 Å². The first-order valence-electron chi connectivity index (χ1n) is 6.35. The summed E-state index contributed by atoms with van der Waals surface area (Å²) in [5.74, 6) is -0.166. The largest absolute Gasteiger partial charge is 0.343 e. The van der Waals surface area contributed by atoms with Crippen molar-refractivity contribution in [2.75, 3.05) is 4.90 Å². The molecule has 5 heteroatoms. The van der Waals surface area contributed by atoms with Gasteiger partial charge in [-0.15, -0.1) is 0 Å². The average molecular weight is 325 g/mol. The van der Waals surface area contributed by atoms with Gasteiger partial charge in [0.1, 0.15) is 12.1 Å². The number of nitrogens with one attached hydrogen (secondary N) is 1. The summed E-state index contributed by atoms with van der Waals surface area (Å²) in [6.07, 6.45) is 0.594. The molecule has 0 bridgehead atoms. The maximum Gasteiger partial charge on any atom is 0.250 e. The van der Waals surface area contributed by atoms with Gasteiger partial charge in [-0.05, 0) is 53.9 Å². The molecule has 1 heterocycles. The number of benzene rings is 1. The number of amides is 2. The first-order chi connectivity index (χ1) is 8.95. The summed E-state index contributed by atoms with van der Waals surface area (Å²) in [5, 5.41) is 2.75. The third-order valence-electron chi connectivity index (χ3n) is 3.39. The molecule has 0 aliphatic carbocycles. The van der Waals surface area contributed by atoms with E-state index in [1.54, 1.807) is 11.8 Å². The number of halogens is 1. The van der Waals surface area contributed by atoms with Gasteiger partial charge in [0.2, 0.25) is 11.8 Å². The molecule has 0 radical (unpaired) electrons. The van der Waals surface area contributed by atoms with Crippen LogP contribution in [0.25, 0.3) is 0 Å². The third-order valence-corrected chi connectivity index (χ3v) is 4.06. The molecule has 0 spiro atoms. The summed E-state index contributed by atoms with van der Waals surface area (Å²) in [7, 11) is 0. The maximum atomic E-state index is 12.5. The Balaban J connectivity index is 2.47. The van der Waals surface area contributed by atoms with Crippen molar-refractivity contribution < 1.29 is 9.59 Å². The SMILES string of the molecule is CCC1NC(=O)C(C)N(c2cc(C)ccc2Br)C1=O. The number of anilines is 1. The summed E-state index contributed by atoms with van der Waals surface area (Å²) in [5.41, 5.74) is 1.81. The average Bonchev–Trinajstić information content (AvgIpc) is 2.38. The molecule has 2 amide bonds. The standard InChI is InChI=1S/C14H17BrN2O2/c1-4-11-14(19)17(9(3)13(18)16-11)12-7-8(2)5-6-10(12)15/h5-7,9,11H,4H2,1-3H3,(H,16,18). The predicted octanol–water partition coefficient (Wildman–Crippen LogP) is 2.39. The van der Waals surface area contributed by atoms with Gasteiger partial charge in [-0.25, -0.2) is 0 Å². The van der Waals surface area contributed by atoms with Gasteiger partial charge in [0, 0.05) is 4.47 Å². The smallest absolute Gasteiger partial charge is 0.250 e. The van der Waals surface area contributed by atoms with Crippen molar-refractivity contribution in [1.29, 1.82) is 0 Å². The van der Waals surface area contributed by atoms with Crippen LogP contribution in [0.3, 0.4) is 0 Å². The molecule has 2 rings (SSSR count). The van der Waals surface area contributed by atoms with Crippen LogP contribution in [-0.4, -0.2) is 23.9 Å². The van der Waals surface area contributed by atoms with Crippen LogP contribution in [0.2, 0.25) is 0 Å². The second kappa shape index (κ2) is 5.33. The Hall–Kier alpha value is -1.36. The predicted molar refractivity (Wildman–Crippen MR) is 78.0 cm³/mol. The summed E-state index contributed by atoms with van der Waals surface area (Å²) in [6, 6.07) is 4.86. The molecule has 4 nitrogen and oxygen atoms in total. The summed E-state index contributed by atoms with van der Waals surface area (Å²) in [4.78, 5) is 26.0. The van der Waals surface area contributed by atoms with Gasteiger partial charge >= 0.3 is 0 Å². The number of piperazine rings is 1. The molecule has 1 saturated heterocycles. The highest BCUT2D eigenvalue weighted by molar-refractivity contribution is 9.10. The van der Waals surface area contributed by atoms with Crippen molar-refractivity contribution in [1.82, 2.24) is 5.32 Å². The first-order valence-corrected chi connectivity index (χ1v) is 7.14. The number of carbonyl (C=O) groups is 2.